The van der Waals surface area contributed by atoms with Crippen LogP contribution in [0.25, 0.3) is 22.1 Å². The molecule has 1 N–H and O–H groups in total. The second-order valence-corrected chi connectivity index (χ2v) is 4.71. The molecule has 2 aromatic carbocycles. The largest absolute Gasteiger partial charge is 0.460 e. The van der Waals surface area contributed by atoms with Crippen molar-refractivity contribution in [3.05, 3.63) is 70.3 Å². The van der Waals surface area contributed by atoms with Gasteiger partial charge in [0.25, 0.3) is 0 Å². The van der Waals surface area contributed by atoms with Gasteiger partial charge in [0.1, 0.15) is 17.2 Å². The average Bonchev–Trinajstić information content (AvgIpc) is 2.50. The van der Waals surface area contributed by atoms with Gasteiger partial charge in [-0.1, -0.05) is 30.3 Å². The zero-order valence-corrected chi connectivity index (χ0v) is 11.2. The van der Waals surface area contributed by atoms with Crippen LogP contribution in [0.15, 0.2) is 57.7 Å². The van der Waals surface area contributed by atoms with E-state index in [1.54, 1.807) is 12.1 Å². The highest BCUT2D eigenvalue weighted by Gasteiger charge is 2.16. The van der Waals surface area contributed by atoms with Gasteiger partial charge >= 0.3 is 0 Å². The number of aliphatic hydroxyl groups excluding tert-OH is 1. The number of halogens is 1. The van der Waals surface area contributed by atoms with Gasteiger partial charge in [-0.15, -0.1) is 0 Å². The molecule has 3 nitrogen and oxygen atoms in total. The van der Waals surface area contributed by atoms with Crippen molar-refractivity contribution < 1.29 is 13.9 Å². The van der Waals surface area contributed by atoms with Gasteiger partial charge in [0.05, 0.1) is 17.6 Å². The highest BCUT2D eigenvalue weighted by atomic mass is 19.1. The van der Waals surface area contributed by atoms with Crippen molar-refractivity contribution in [1.29, 1.82) is 0 Å². The van der Waals surface area contributed by atoms with E-state index in [0.717, 1.165) is 0 Å². The van der Waals surface area contributed by atoms with E-state index in [1.807, 2.05) is 18.2 Å². The van der Waals surface area contributed by atoms with Crippen LogP contribution in [0.3, 0.4) is 0 Å². The standard InChI is InChI=1S/C17H13FO3/c18-12-6-7-14-13(10-12)17(20)16(15(21-14)8-9-19)11-4-2-1-3-5-11/h1-7,10,19H,8-9H2. The molecule has 106 valence electrons. The van der Waals surface area contributed by atoms with Gasteiger partial charge < -0.3 is 9.52 Å². The fourth-order valence-electron chi connectivity index (χ4n) is 2.39. The molecule has 0 fully saturated rings. The predicted molar refractivity (Wildman–Crippen MR) is 78.7 cm³/mol. The smallest absolute Gasteiger partial charge is 0.200 e. The van der Waals surface area contributed by atoms with E-state index in [1.165, 1.54) is 18.2 Å². The summed E-state index contributed by atoms with van der Waals surface area (Å²) in [7, 11) is 0. The molecule has 1 heterocycles. The lowest BCUT2D eigenvalue weighted by atomic mass is 10.0. The fourth-order valence-corrected chi connectivity index (χ4v) is 2.39. The Hall–Kier alpha value is -2.46. The molecule has 0 bridgehead atoms. The van der Waals surface area contributed by atoms with Crippen LogP contribution in [0.5, 0.6) is 0 Å². The molecule has 3 rings (SSSR count). The number of hydrogen-bond donors (Lipinski definition) is 1. The zero-order chi connectivity index (χ0) is 14.8. The molecule has 0 aliphatic rings. The van der Waals surface area contributed by atoms with Gasteiger partial charge in [-0.05, 0) is 23.8 Å². The second kappa shape index (κ2) is 5.50. The molecule has 0 unspecified atom stereocenters. The van der Waals surface area contributed by atoms with Crippen LogP contribution in [0.2, 0.25) is 0 Å². The molecule has 0 spiro atoms. The normalized spacial score (nSPS) is 11.0. The van der Waals surface area contributed by atoms with Crippen molar-refractivity contribution >= 4 is 11.0 Å². The first-order valence-corrected chi connectivity index (χ1v) is 6.62. The van der Waals surface area contributed by atoms with E-state index >= 15 is 0 Å². The number of aliphatic hydroxyl groups is 1. The maximum Gasteiger partial charge on any atom is 0.200 e. The van der Waals surface area contributed by atoms with Crippen molar-refractivity contribution in [3.8, 4) is 11.1 Å². The minimum absolute atomic E-state index is 0.129. The minimum Gasteiger partial charge on any atom is -0.460 e. The molecule has 4 heteroatoms. The topological polar surface area (TPSA) is 50.4 Å². The monoisotopic (exact) mass is 284 g/mol. The summed E-state index contributed by atoms with van der Waals surface area (Å²) in [6.45, 7) is -0.129. The molecule has 0 radical (unpaired) electrons. The second-order valence-electron chi connectivity index (χ2n) is 4.71. The van der Waals surface area contributed by atoms with Crippen molar-refractivity contribution in [2.45, 2.75) is 6.42 Å². The first-order chi connectivity index (χ1) is 10.2. The van der Waals surface area contributed by atoms with Crippen molar-refractivity contribution in [2.75, 3.05) is 6.61 Å². The Bertz CT molecular complexity index is 838. The summed E-state index contributed by atoms with van der Waals surface area (Å²) in [6, 6.07) is 12.9. The Kier molecular flexibility index (Phi) is 3.54. The molecule has 0 saturated carbocycles. The van der Waals surface area contributed by atoms with Crippen LogP contribution in [0.1, 0.15) is 5.76 Å². The maximum atomic E-state index is 13.4. The van der Waals surface area contributed by atoms with Crippen LogP contribution in [-0.2, 0) is 6.42 Å². The lowest BCUT2D eigenvalue weighted by molar-refractivity contribution is 0.289. The van der Waals surface area contributed by atoms with E-state index in [2.05, 4.69) is 0 Å². The maximum absolute atomic E-state index is 13.4. The summed E-state index contributed by atoms with van der Waals surface area (Å²) in [5.41, 5.74) is 1.11. The van der Waals surface area contributed by atoms with Crippen LogP contribution < -0.4 is 5.43 Å². The zero-order valence-electron chi connectivity index (χ0n) is 11.2. The molecule has 21 heavy (non-hydrogen) atoms. The van der Waals surface area contributed by atoms with Gasteiger partial charge in [-0.25, -0.2) is 4.39 Å². The van der Waals surface area contributed by atoms with E-state index in [4.69, 9.17) is 4.42 Å². The van der Waals surface area contributed by atoms with Crippen LogP contribution in [0.4, 0.5) is 4.39 Å². The van der Waals surface area contributed by atoms with Gasteiger partial charge in [0, 0.05) is 6.42 Å². The number of fused-ring (bicyclic) bond motifs is 1. The molecule has 0 atom stereocenters. The lowest BCUT2D eigenvalue weighted by Crippen LogP contribution is -2.10. The molecule has 0 aliphatic heterocycles. The Morgan fingerprint density at radius 3 is 2.57 bits per heavy atom. The molecule has 3 aromatic rings. The predicted octanol–water partition coefficient (Wildman–Crippen LogP) is 3.13. The molecule has 0 saturated heterocycles. The molecule has 1 aromatic heterocycles. The Morgan fingerprint density at radius 1 is 1.10 bits per heavy atom. The molecule has 0 amide bonds. The van der Waals surface area contributed by atoms with E-state index in [-0.39, 0.29) is 23.8 Å². The number of rotatable bonds is 3. The van der Waals surface area contributed by atoms with E-state index < -0.39 is 5.82 Å². The van der Waals surface area contributed by atoms with Crippen molar-refractivity contribution in [2.24, 2.45) is 0 Å². The van der Waals surface area contributed by atoms with Gasteiger partial charge in [-0.3, -0.25) is 4.79 Å². The third kappa shape index (κ3) is 2.45. The summed E-state index contributed by atoms with van der Waals surface area (Å²) in [6.07, 6.45) is 0.229. The summed E-state index contributed by atoms with van der Waals surface area (Å²) in [5.74, 6) is -0.0727. The Balaban J connectivity index is 2.37. The third-order valence-corrected chi connectivity index (χ3v) is 3.33. The van der Waals surface area contributed by atoms with Crippen LogP contribution in [-0.4, -0.2) is 11.7 Å². The summed E-state index contributed by atoms with van der Waals surface area (Å²) in [4.78, 5) is 12.7. The summed E-state index contributed by atoms with van der Waals surface area (Å²) < 4.78 is 19.1. The number of hydrogen-bond acceptors (Lipinski definition) is 3. The van der Waals surface area contributed by atoms with Gasteiger partial charge in [-0.2, -0.15) is 0 Å². The lowest BCUT2D eigenvalue weighted by Gasteiger charge is -2.09. The van der Waals surface area contributed by atoms with Gasteiger partial charge in [0.15, 0.2) is 0 Å². The number of benzene rings is 2. The third-order valence-electron chi connectivity index (χ3n) is 3.33. The van der Waals surface area contributed by atoms with Crippen molar-refractivity contribution in [1.82, 2.24) is 0 Å². The van der Waals surface area contributed by atoms with Crippen LogP contribution >= 0.6 is 0 Å². The molecular formula is C17H13FO3. The summed E-state index contributed by atoms with van der Waals surface area (Å²) >= 11 is 0. The van der Waals surface area contributed by atoms with Crippen molar-refractivity contribution in [3.63, 3.8) is 0 Å². The highest BCUT2D eigenvalue weighted by molar-refractivity contribution is 5.82. The van der Waals surface area contributed by atoms with E-state index in [0.29, 0.717) is 22.5 Å². The molecule has 0 aliphatic carbocycles. The minimum atomic E-state index is -0.483. The Labute approximate surface area is 120 Å². The Morgan fingerprint density at radius 2 is 1.86 bits per heavy atom. The highest BCUT2D eigenvalue weighted by Crippen LogP contribution is 2.25. The van der Waals surface area contributed by atoms with Crippen LogP contribution in [0, 0.1) is 5.82 Å². The van der Waals surface area contributed by atoms with E-state index in [9.17, 15) is 14.3 Å². The SMILES string of the molecule is O=c1c(-c2ccccc2)c(CCO)oc2ccc(F)cc12. The average molecular weight is 284 g/mol. The molecular weight excluding hydrogens is 271 g/mol. The summed E-state index contributed by atoms with van der Waals surface area (Å²) in [5, 5.41) is 9.38. The fraction of sp³-hybridized carbons (Fsp3) is 0.118. The van der Waals surface area contributed by atoms with Gasteiger partial charge in [0.2, 0.25) is 5.43 Å². The first kappa shape index (κ1) is 13.5. The quantitative estimate of drug-likeness (QED) is 0.804. The first-order valence-electron chi connectivity index (χ1n) is 6.62.